The lowest BCUT2D eigenvalue weighted by atomic mass is 10.1. The Hall–Kier alpha value is -0.900. The van der Waals surface area contributed by atoms with Gasteiger partial charge < -0.3 is 4.90 Å². The molecule has 1 aromatic carbocycles. The van der Waals surface area contributed by atoms with Gasteiger partial charge >= 0.3 is 0 Å². The van der Waals surface area contributed by atoms with E-state index in [0.717, 1.165) is 25.8 Å². The van der Waals surface area contributed by atoms with Crippen molar-refractivity contribution in [2.45, 2.75) is 39.2 Å². The fourth-order valence-corrected chi connectivity index (χ4v) is 2.28. The lowest BCUT2D eigenvalue weighted by Gasteiger charge is -2.23. The predicted octanol–water partition coefficient (Wildman–Crippen LogP) is 4.24. The van der Waals surface area contributed by atoms with Gasteiger partial charge in [0.15, 0.2) is 0 Å². The number of amides is 1. The molecule has 1 aliphatic carbocycles. The highest BCUT2D eigenvalue weighted by atomic mass is 79.9. The van der Waals surface area contributed by atoms with Crippen LogP contribution in [0.25, 0.3) is 0 Å². The molecule has 2 nitrogen and oxygen atoms in total. The number of nitrogens with zero attached hydrogens (tertiary/aromatic N) is 1. The van der Waals surface area contributed by atoms with Crippen LogP contribution in [-0.4, -0.2) is 23.4 Å². The minimum atomic E-state index is -0.384. The predicted molar refractivity (Wildman–Crippen MR) is 77.6 cm³/mol. The lowest BCUT2D eigenvalue weighted by Crippen LogP contribution is -2.34. The number of carbonyl (C=O) groups excluding carboxylic acids is 1. The largest absolute Gasteiger partial charge is 0.336 e. The summed E-state index contributed by atoms with van der Waals surface area (Å²) in [5.41, 5.74) is 0.441. The molecule has 0 aliphatic heterocycles. The molecule has 0 bridgehead atoms. The molecule has 0 unspecified atom stereocenters. The Bertz CT molecular complexity index is 471. The average Bonchev–Trinajstić information content (AvgIpc) is 3.16. The minimum absolute atomic E-state index is 0.0467. The van der Waals surface area contributed by atoms with Gasteiger partial charge in [-0.1, -0.05) is 13.8 Å². The number of hydrogen-bond donors (Lipinski definition) is 0. The smallest absolute Gasteiger partial charge is 0.254 e. The maximum absolute atomic E-state index is 13.5. The van der Waals surface area contributed by atoms with E-state index in [0.29, 0.717) is 22.0 Å². The fraction of sp³-hybridized carbons (Fsp3) is 0.533. The summed E-state index contributed by atoms with van der Waals surface area (Å²) < 4.78 is 13.9. The van der Waals surface area contributed by atoms with Crippen LogP contribution in [0.5, 0.6) is 0 Å². The number of carbonyl (C=O) groups is 1. The Morgan fingerprint density at radius 2 is 2.16 bits per heavy atom. The van der Waals surface area contributed by atoms with Crippen molar-refractivity contribution in [2.75, 3.05) is 6.54 Å². The first-order valence-corrected chi connectivity index (χ1v) is 7.54. The van der Waals surface area contributed by atoms with E-state index in [1.54, 1.807) is 12.1 Å². The number of hydrogen-bond acceptors (Lipinski definition) is 1. The van der Waals surface area contributed by atoms with Crippen molar-refractivity contribution in [2.24, 2.45) is 5.92 Å². The molecule has 19 heavy (non-hydrogen) atoms. The molecular weight excluding hydrogens is 309 g/mol. The van der Waals surface area contributed by atoms with E-state index in [2.05, 4.69) is 29.8 Å². The topological polar surface area (TPSA) is 20.3 Å². The Morgan fingerprint density at radius 3 is 2.68 bits per heavy atom. The molecule has 0 saturated heterocycles. The van der Waals surface area contributed by atoms with Gasteiger partial charge in [0, 0.05) is 18.2 Å². The standard InChI is InChI=1S/C15H19BrFNO/c1-10(2)7-8-18(12-4-5-12)15(19)11-3-6-13(16)14(17)9-11/h3,6,9-10,12H,4-5,7-8H2,1-2H3. The van der Waals surface area contributed by atoms with Crippen LogP contribution in [0, 0.1) is 11.7 Å². The second-order valence-electron chi connectivity index (χ2n) is 5.54. The van der Waals surface area contributed by atoms with E-state index in [9.17, 15) is 9.18 Å². The highest BCUT2D eigenvalue weighted by Gasteiger charge is 2.32. The third-order valence-corrected chi connectivity index (χ3v) is 4.01. The van der Waals surface area contributed by atoms with Gasteiger partial charge in [-0.15, -0.1) is 0 Å². The van der Waals surface area contributed by atoms with E-state index in [-0.39, 0.29) is 11.7 Å². The maximum atomic E-state index is 13.5. The SMILES string of the molecule is CC(C)CCN(C(=O)c1ccc(Br)c(F)c1)C1CC1. The molecule has 1 aliphatic rings. The molecule has 0 spiro atoms. The Kier molecular flexibility index (Phi) is 4.61. The first-order chi connectivity index (χ1) is 8.99. The number of rotatable bonds is 5. The van der Waals surface area contributed by atoms with Crippen molar-refractivity contribution in [1.82, 2.24) is 4.90 Å². The van der Waals surface area contributed by atoms with Crippen LogP contribution in [0.4, 0.5) is 4.39 Å². The van der Waals surface area contributed by atoms with Gasteiger partial charge in [0.05, 0.1) is 4.47 Å². The van der Waals surface area contributed by atoms with E-state index in [1.807, 2.05) is 4.90 Å². The Balaban J connectivity index is 2.12. The van der Waals surface area contributed by atoms with Crippen molar-refractivity contribution in [3.05, 3.63) is 34.1 Å². The van der Waals surface area contributed by atoms with Crippen LogP contribution in [0.15, 0.2) is 22.7 Å². The average molecular weight is 328 g/mol. The monoisotopic (exact) mass is 327 g/mol. The van der Waals surface area contributed by atoms with Gasteiger partial charge in [-0.05, 0) is 59.3 Å². The van der Waals surface area contributed by atoms with Crippen molar-refractivity contribution >= 4 is 21.8 Å². The van der Waals surface area contributed by atoms with E-state index < -0.39 is 0 Å². The summed E-state index contributed by atoms with van der Waals surface area (Å²) in [5.74, 6) is 0.135. The zero-order valence-corrected chi connectivity index (χ0v) is 12.9. The number of halogens is 2. The second kappa shape index (κ2) is 6.04. The summed E-state index contributed by atoms with van der Waals surface area (Å²) in [6.45, 7) is 5.06. The van der Waals surface area contributed by atoms with E-state index >= 15 is 0 Å². The molecule has 1 aromatic rings. The zero-order chi connectivity index (χ0) is 14.0. The van der Waals surface area contributed by atoms with Crippen molar-refractivity contribution in [3.8, 4) is 0 Å². The van der Waals surface area contributed by atoms with Crippen molar-refractivity contribution in [1.29, 1.82) is 0 Å². The molecule has 2 rings (SSSR count). The third-order valence-electron chi connectivity index (χ3n) is 3.36. The van der Waals surface area contributed by atoms with Crippen LogP contribution in [0.2, 0.25) is 0 Å². The molecule has 1 saturated carbocycles. The van der Waals surface area contributed by atoms with Crippen LogP contribution >= 0.6 is 15.9 Å². The minimum Gasteiger partial charge on any atom is -0.336 e. The van der Waals surface area contributed by atoms with Gasteiger partial charge in [0.2, 0.25) is 0 Å². The molecular formula is C15H19BrFNO. The van der Waals surface area contributed by atoms with Crippen LogP contribution in [0.3, 0.4) is 0 Å². The van der Waals surface area contributed by atoms with Crippen LogP contribution in [0.1, 0.15) is 43.5 Å². The summed E-state index contributed by atoms with van der Waals surface area (Å²) in [6, 6.07) is 4.95. The number of benzene rings is 1. The highest BCUT2D eigenvalue weighted by Crippen LogP contribution is 2.29. The molecule has 1 amide bonds. The zero-order valence-electron chi connectivity index (χ0n) is 11.3. The summed E-state index contributed by atoms with van der Waals surface area (Å²) in [6.07, 6.45) is 3.13. The fourth-order valence-electron chi connectivity index (χ4n) is 2.03. The Morgan fingerprint density at radius 1 is 1.47 bits per heavy atom. The molecule has 104 valence electrons. The van der Waals surface area contributed by atoms with Crippen molar-refractivity contribution < 1.29 is 9.18 Å². The van der Waals surface area contributed by atoms with Gasteiger partial charge in [-0.2, -0.15) is 0 Å². The van der Waals surface area contributed by atoms with Crippen molar-refractivity contribution in [3.63, 3.8) is 0 Å². The van der Waals surface area contributed by atoms with Crippen LogP contribution in [-0.2, 0) is 0 Å². The highest BCUT2D eigenvalue weighted by molar-refractivity contribution is 9.10. The molecule has 0 heterocycles. The first kappa shape index (κ1) is 14.5. The summed E-state index contributed by atoms with van der Waals surface area (Å²) in [5, 5.41) is 0. The van der Waals surface area contributed by atoms with Gasteiger partial charge in [-0.25, -0.2) is 4.39 Å². The molecule has 0 N–H and O–H groups in total. The normalized spacial score (nSPS) is 14.8. The van der Waals surface area contributed by atoms with Gasteiger partial charge in [-0.3, -0.25) is 4.79 Å². The van der Waals surface area contributed by atoms with E-state index in [1.165, 1.54) is 6.07 Å². The molecule has 4 heteroatoms. The lowest BCUT2D eigenvalue weighted by molar-refractivity contribution is 0.0735. The summed E-state index contributed by atoms with van der Waals surface area (Å²) in [4.78, 5) is 14.4. The second-order valence-corrected chi connectivity index (χ2v) is 6.40. The molecule has 1 fully saturated rings. The quantitative estimate of drug-likeness (QED) is 0.792. The van der Waals surface area contributed by atoms with Crippen LogP contribution < -0.4 is 0 Å². The molecule has 0 aromatic heterocycles. The molecule has 0 atom stereocenters. The summed E-state index contributed by atoms with van der Waals surface area (Å²) in [7, 11) is 0. The Labute approximate surface area is 122 Å². The third kappa shape index (κ3) is 3.78. The van der Waals surface area contributed by atoms with E-state index in [4.69, 9.17) is 0 Å². The first-order valence-electron chi connectivity index (χ1n) is 6.75. The maximum Gasteiger partial charge on any atom is 0.254 e. The van der Waals surface area contributed by atoms with Gasteiger partial charge in [0.1, 0.15) is 5.82 Å². The molecule has 0 radical (unpaired) electrons. The summed E-state index contributed by atoms with van der Waals surface area (Å²) >= 11 is 3.11. The van der Waals surface area contributed by atoms with Gasteiger partial charge in [0.25, 0.3) is 5.91 Å².